The van der Waals surface area contributed by atoms with E-state index in [0.29, 0.717) is 25.7 Å². The Morgan fingerprint density at radius 2 is 0.714 bits per heavy atom. The lowest BCUT2D eigenvalue weighted by atomic mass is 10.1. The summed E-state index contributed by atoms with van der Waals surface area (Å²) < 4.78 is 16.7. The van der Waals surface area contributed by atoms with Crippen LogP contribution in [0, 0.1) is 0 Å². The van der Waals surface area contributed by atoms with Crippen molar-refractivity contribution in [3.05, 3.63) is 122 Å². The van der Waals surface area contributed by atoms with Crippen molar-refractivity contribution >= 4 is 17.9 Å². The van der Waals surface area contributed by atoms with Crippen LogP contribution in [-0.4, -0.2) is 37.2 Å². The van der Waals surface area contributed by atoms with E-state index in [-0.39, 0.29) is 37.5 Å². The summed E-state index contributed by atoms with van der Waals surface area (Å²) in [6.07, 6.45) is 69.0. The van der Waals surface area contributed by atoms with Gasteiger partial charge in [0.05, 0.1) is 0 Å². The number of unbranched alkanes of at least 4 members (excludes halogenated alkanes) is 17. The van der Waals surface area contributed by atoms with Gasteiger partial charge in [-0.05, 0) is 89.9 Å². The van der Waals surface area contributed by atoms with E-state index in [1.807, 2.05) is 60.8 Å². The van der Waals surface area contributed by atoms with Crippen molar-refractivity contribution in [3.8, 4) is 0 Å². The number of ether oxygens (including phenoxy) is 3. The van der Waals surface area contributed by atoms with E-state index in [9.17, 15) is 14.4 Å². The van der Waals surface area contributed by atoms with Gasteiger partial charge in [-0.1, -0.05) is 213 Å². The van der Waals surface area contributed by atoms with E-state index >= 15 is 0 Å². The largest absolute Gasteiger partial charge is 0.462 e. The third-order valence-electron chi connectivity index (χ3n) is 10.1. The number of carbonyl (C=O) groups excluding carboxylic acids is 3. The first kappa shape index (κ1) is 58.8. The topological polar surface area (TPSA) is 78.9 Å². The minimum absolute atomic E-state index is 0.111. The van der Waals surface area contributed by atoms with E-state index in [2.05, 4.69) is 81.5 Å². The molecule has 6 nitrogen and oxygen atoms in total. The molecule has 0 aliphatic heterocycles. The van der Waals surface area contributed by atoms with E-state index in [1.165, 1.54) is 64.2 Å². The van der Waals surface area contributed by atoms with Crippen LogP contribution >= 0.6 is 0 Å². The van der Waals surface area contributed by atoms with Crippen molar-refractivity contribution in [3.63, 3.8) is 0 Å². The summed E-state index contributed by atoms with van der Waals surface area (Å²) in [4.78, 5) is 37.9. The summed E-state index contributed by atoms with van der Waals surface area (Å²) in [5, 5.41) is 0. The number of esters is 3. The summed E-state index contributed by atoms with van der Waals surface area (Å²) in [7, 11) is 0. The van der Waals surface area contributed by atoms with Crippen molar-refractivity contribution in [2.45, 2.75) is 207 Å². The molecule has 0 aromatic heterocycles. The lowest BCUT2D eigenvalue weighted by Gasteiger charge is -2.18. The van der Waals surface area contributed by atoms with Gasteiger partial charge >= 0.3 is 17.9 Å². The Morgan fingerprint density at radius 1 is 0.349 bits per heavy atom. The van der Waals surface area contributed by atoms with Crippen LogP contribution in [0.3, 0.4) is 0 Å². The fourth-order valence-electron chi connectivity index (χ4n) is 6.37. The van der Waals surface area contributed by atoms with E-state index in [4.69, 9.17) is 14.2 Å². The lowest BCUT2D eigenvalue weighted by Crippen LogP contribution is -2.30. The fourth-order valence-corrected chi connectivity index (χ4v) is 6.37. The molecule has 0 aromatic carbocycles. The maximum absolute atomic E-state index is 12.8. The van der Waals surface area contributed by atoms with Crippen LogP contribution in [0.15, 0.2) is 122 Å². The summed E-state index contributed by atoms with van der Waals surface area (Å²) in [6.45, 7) is 6.26. The molecule has 0 aromatic rings. The van der Waals surface area contributed by atoms with Crippen LogP contribution in [0.25, 0.3) is 0 Å². The van der Waals surface area contributed by atoms with Gasteiger partial charge in [0.1, 0.15) is 13.2 Å². The van der Waals surface area contributed by atoms with Gasteiger partial charge in [-0.15, -0.1) is 0 Å². The van der Waals surface area contributed by atoms with Gasteiger partial charge < -0.3 is 14.2 Å². The molecule has 0 fully saturated rings. The Hall–Kier alpha value is -4.19. The second kappa shape index (κ2) is 50.5. The molecule has 0 heterocycles. The van der Waals surface area contributed by atoms with Gasteiger partial charge in [0, 0.05) is 19.3 Å². The predicted molar refractivity (Wildman–Crippen MR) is 269 cm³/mol. The zero-order valence-electron chi connectivity index (χ0n) is 40.3. The first-order chi connectivity index (χ1) is 31.0. The molecule has 0 aliphatic carbocycles. The molecule has 354 valence electrons. The van der Waals surface area contributed by atoms with Crippen molar-refractivity contribution in [2.75, 3.05) is 13.2 Å². The molecule has 0 radical (unpaired) electrons. The monoisotopic (exact) mass is 871 g/mol. The second-order valence-corrected chi connectivity index (χ2v) is 16.1. The highest BCUT2D eigenvalue weighted by atomic mass is 16.6. The Morgan fingerprint density at radius 3 is 1.25 bits per heavy atom. The molecule has 0 rings (SSSR count). The maximum atomic E-state index is 12.8. The standard InChI is InChI=1S/C57H90O6/c1-4-7-10-13-16-19-21-23-25-27-28-30-31-33-35-38-41-44-47-50-56(59)62-53-54(52-61-55(58)49-46-43-40-37-18-15-12-9-6-3)63-57(60)51-48-45-42-39-36-34-32-29-26-24-22-20-17-14-11-8-5-2/h7-8,10-11,14,16-17,19-20,22-26,29,32,34,36-37,40,54H,4-6,9,12-13,15,18,21,27-28,30-31,33,35,38-39,41-53H2,1-3H3/b10-7-,11-8-,17-14-,19-16-,22-20-,25-23-,26-24-,32-29+,36-34-,40-37-. The van der Waals surface area contributed by atoms with Gasteiger partial charge in [-0.25, -0.2) is 0 Å². The molecular formula is C57H90O6. The Balaban J connectivity index is 4.45. The summed E-state index contributed by atoms with van der Waals surface area (Å²) in [5.74, 6) is -1.01. The molecule has 0 bridgehead atoms. The summed E-state index contributed by atoms with van der Waals surface area (Å²) in [6, 6.07) is 0. The average molecular weight is 871 g/mol. The molecule has 1 unspecified atom stereocenters. The van der Waals surface area contributed by atoms with Gasteiger partial charge in [-0.3, -0.25) is 14.4 Å². The highest BCUT2D eigenvalue weighted by molar-refractivity contribution is 5.71. The predicted octanol–water partition coefficient (Wildman–Crippen LogP) is 16.5. The molecule has 0 amide bonds. The first-order valence-electron chi connectivity index (χ1n) is 25.1. The molecule has 0 N–H and O–H groups in total. The third-order valence-corrected chi connectivity index (χ3v) is 10.1. The zero-order valence-corrected chi connectivity index (χ0v) is 40.3. The molecular weight excluding hydrogens is 781 g/mol. The molecule has 0 saturated heterocycles. The normalized spacial score (nSPS) is 13.1. The minimum Gasteiger partial charge on any atom is -0.462 e. The van der Waals surface area contributed by atoms with Crippen LogP contribution in [0.4, 0.5) is 0 Å². The van der Waals surface area contributed by atoms with Crippen molar-refractivity contribution in [1.29, 1.82) is 0 Å². The molecule has 6 heteroatoms. The molecule has 0 spiro atoms. The quantitative estimate of drug-likeness (QED) is 0.0200. The average Bonchev–Trinajstić information content (AvgIpc) is 3.28. The number of hydrogen-bond donors (Lipinski definition) is 0. The smallest absolute Gasteiger partial charge is 0.306 e. The SMILES string of the molecule is CC\C=C/C=C\C=C/C=C\C=C\C=C/CCCCCC(=O)OC(COC(=O)CCC/C=C\CCCCCC)COC(=O)CCCCCCCCCCC/C=C\C/C=C\C/C=C\CC. The highest BCUT2D eigenvalue weighted by Crippen LogP contribution is 2.13. The Bertz CT molecular complexity index is 1370. The van der Waals surface area contributed by atoms with E-state index < -0.39 is 6.10 Å². The molecule has 0 saturated carbocycles. The van der Waals surface area contributed by atoms with Gasteiger partial charge in [0.15, 0.2) is 6.10 Å². The number of carbonyl (C=O) groups is 3. The van der Waals surface area contributed by atoms with E-state index in [1.54, 1.807) is 0 Å². The molecule has 0 aliphatic rings. The number of allylic oxidation sites excluding steroid dienone is 20. The van der Waals surface area contributed by atoms with Gasteiger partial charge in [-0.2, -0.15) is 0 Å². The molecule has 63 heavy (non-hydrogen) atoms. The Kier molecular flexibility index (Phi) is 47.1. The van der Waals surface area contributed by atoms with Gasteiger partial charge in [0.25, 0.3) is 0 Å². The maximum Gasteiger partial charge on any atom is 0.306 e. The third kappa shape index (κ3) is 48.7. The van der Waals surface area contributed by atoms with Crippen molar-refractivity contribution in [1.82, 2.24) is 0 Å². The van der Waals surface area contributed by atoms with Crippen LogP contribution in [0.1, 0.15) is 201 Å². The molecule has 1 atom stereocenters. The zero-order chi connectivity index (χ0) is 45.8. The van der Waals surface area contributed by atoms with Crippen LogP contribution in [0.5, 0.6) is 0 Å². The van der Waals surface area contributed by atoms with Crippen LogP contribution in [0.2, 0.25) is 0 Å². The van der Waals surface area contributed by atoms with Crippen LogP contribution in [-0.2, 0) is 28.6 Å². The van der Waals surface area contributed by atoms with E-state index in [0.717, 1.165) is 83.5 Å². The highest BCUT2D eigenvalue weighted by Gasteiger charge is 2.19. The number of rotatable bonds is 43. The van der Waals surface area contributed by atoms with Gasteiger partial charge in [0.2, 0.25) is 0 Å². The lowest BCUT2D eigenvalue weighted by molar-refractivity contribution is -0.167. The number of hydrogen-bond acceptors (Lipinski definition) is 6. The van der Waals surface area contributed by atoms with Crippen molar-refractivity contribution < 1.29 is 28.6 Å². The second-order valence-electron chi connectivity index (χ2n) is 16.1. The Labute approximate surface area is 386 Å². The minimum atomic E-state index is -0.816. The first-order valence-corrected chi connectivity index (χ1v) is 25.1. The van der Waals surface area contributed by atoms with Crippen molar-refractivity contribution in [2.24, 2.45) is 0 Å². The summed E-state index contributed by atoms with van der Waals surface area (Å²) in [5.41, 5.74) is 0. The van der Waals surface area contributed by atoms with Crippen LogP contribution < -0.4 is 0 Å². The summed E-state index contributed by atoms with van der Waals surface area (Å²) >= 11 is 0. The fraction of sp³-hybridized carbons (Fsp3) is 0.596.